The Morgan fingerprint density at radius 2 is 1.92 bits per heavy atom. The minimum atomic E-state index is -4.35. The Bertz CT molecular complexity index is 660. The highest BCUT2D eigenvalue weighted by atomic mass is 19.4. The molecule has 7 heteroatoms. The first-order valence-electron chi connectivity index (χ1n) is 8.39. The van der Waals surface area contributed by atoms with E-state index in [4.69, 9.17) is 5.73 Å². The molecule has 0 atom stereocenters. The van der Waals surface area contributed by atoms with E-state index in [2.05, 4.69) is 23.7 Å². The standard InChI is InChI=1S/C17H25F3N4/c1-3-23(4-2)10-11-24-15-8-7-13(17(18,19)20)12-14(15)22-16(24)6-5-9-21/h7-8,12H,3-6,9-11,21H2,1-2H3. The zero-order valence-corrected chi connectivity index (χ0v) is 14.2. The Kier molecular flexibility index (Phi) is 6.23. The Hall–Kier alpha value is -1.60. The van der Waals surface area contributed by atoms with Gasteiger partial charge in [-0.05, 0) is 44.3 Å². The van der Waals surface area contributed by atoms with E-state index >= 15 is 0 Å². The lowest BCUT2D eigenvalue weighted by molar-refractivity contribution is -0.137. The van der Waals surface area contributed by atoms with Gasteiger partial charge in [0.15, 0.2) is 0 Å². The zero-order valence-electron chi connectivity index (χ0n) is 14.2. The smallest absolute Gasteiger partial charge is 0.330 e. The van der Waals surface area contributed by atoms with Gasteiger partial charge in [-0.25, -0.2) is 4.98 Å². The second-order valence-corrected chi connectivity index (χ2v) is 5.80. The van der Waals surface area contributed by atoms with E-state index in [0.29, 0.717) is 25.0 Å². The molecule has 134 valence electrons. The Morgan fingerprint density at radius 1 is 1.21 bits per heavy atom. The fourth-order valence-corrected chi connectivity index (χ4v) is 2.84. The summed E-state index contributed by atoms with van der Waals surface area (Å²) in [5.74, 6) is 0.807. The number of alkyl halides is 3. The molecule has 2 aromatic rings. The average molecular weight is 342 g/mol. The highest BCUT2D eigenvalue weighted by Gasteiger charge is 2.31. The topological polar surface area (TPSA) is 47.1 Å². The third-order valence-corrected chi connectivity index (χ3v) is 4.29. The lowest BCUT2D eigenvalue weighted by Crippen LogP contribution is -2.27. The molecule has 0 unspecified atom stereocenters. The van der Waals surface area contributed by atoms with Crippen LogP contribution in [0.1, 0.15) is 31.7 Å². The van der Waals surface area contributed by atoms with Crippen molar-refractivity contribution in [3.05, 3.63) is 29.6 Å². The third kappa shape index (κ3) is 4.27. The minimum absolute atomic E-state index is 0.399. The molecule has 0 saturated heterocycles. The molecule has 0 aliphatic carbocycles. The number of fused-ring (bicyclic) bond motifs is 1. The van der Waals surface area contributed by atoms with Crippen molar-refractivity contribution in [3.8, 4) is 0 Å². The van der Waals surface area contributed by atoms with Crippen molar-refractivity contribution in [2.45, 2.75) is 39.4 Å². The number of benzene rings is 1. The fraction of sp³-hybridized carbons (Fsp3) is 0.588. The number of hydrogen-bond donors (Lipinski definition) is 1. The molecule has 1 aromatic carbocycles. The average Bonchev–Trinajstić information content (AvgIpc) is 2.90. The van der Waals surface area contributed by atoms with Crippen LogP contribution in [0.3, 0.4) is 0 Å². The highest BCUT2D eigenvalue weighted by Crippen LogP contribution is 2.31. The molecule has 1 heterocycles. The molecule has 2 N–H and O–H groups in total. The molecule has 1 aromatic heterocycles. The number of nitrogens with zero attached hydrogens (tertiary/aromatic N) is 3. The summed E-state index contributed by atoms with van der Waals surface area (Å²) in [6.45, 7) is 8.17. The molecule has 4 nitrogen and oxygen atoms in total. The Morgan fingerprint density at radius 3 is 2.50 bits per heavy atom. The summed E-state index contributed by atoms with van der Waals surface area (Å²) in [6.07, 6.45) is -2.91. The summed E-state index contributed by atoms with van der Waals surface area (Å²) in [6, 6.07) is 3.79. The second-order valence-electron chi connectivity index (χ2n) is 5.80. The van der Waals surface area contributed by atoms with Crippen LogP contribution in [0.4, 0.5) is 13.2 Å². The van der Waals surface area contributed by atoms with Gasteiger partial charge in [-0.2, -0.15) is 13.2 Å². The molecular formula is C17H25F3N4. The van der Waals surface area contributed by atoms with Crippen molar-refractivity contribution >= 4 is 11.0 Å². The monoisotopic (exact) mass is 342 g/mol. The number of halogens is 3. The lowest BCUT2D eigenvalue weighted by atomic mass is 10.2. The van der Waals surface area contributed by atoms with Crippen molar-refractivity contribution in [2.24, 2.45) is 5.73 Å². The van der Waals surface area contributed by atoms with Gasteiger partial charge < -0.3 is 15.2 Å². The summed E-state index contributed by atoms with van der Waals surface area (Å²) < 4.78 is 40.8. The number of likely N-dealkylation sites (N-methyl/N-ethyl adjacent to an activating group) is 1. The largest absolute Gasteiger partial charge is 0.416 e. The molecular weight excluding hydrogens is 317 g/mol. The van der Waals surface area contributed by atoms with Gasteiger partial charge in [0.05, 0.1) is 16.6 Å². The second kappa shape index (κ2) is 7.98. The SMILES string of the molecule is CCN(CC)CCn1c(CCCN)nc2cc(C(F)(F)F)ccc21. The first-order chi connectivity index (χ1) is 11.4. The van der Waals surface area contributed by atoms with Crippen LogP contribution >= 0.6 is 0 Å². The van der Waals surface area contributed by atoms with Crippen molar-refractivity contribution in [1.82, 2.24) is 14.5 Å². The van der Waals surface area contributed by atoms with Gasteiger partial charge >= 0.3 is 6.18 Å². The molecule has 0 fully saturated rings. The van der Waals surface area contributed by atoms with Gasteiger partial charge in [0.1, 0.15) is 5.82 Å². The lowest BCUT2D eigenvalue weighted by Gasteiger charge is -2.19. The van der Waals surface area contributed by atoms with E-state index in [1.165, 1.54) is 6.07 Å². The van der Waals surface area contributed by atoms with Crippen molar-refractivity contribution < 1.29 is 13.2 Å². The highest BCUT2D eigenvalue weighted by molar-refractivity contribution is 5.77. The van der Waals surface area contributed by atoms with Crippen molar-refractivity contribution in [2.75, 3.05) is 26.2 Å². The summed E-state index contributed by atoms with van der Waals surface area (Å²) >= 11 is 0. The van der Waals surface area contributed by atoms with Crippen molar-refractivity contribution in [3.63, 3.8) is 0 Å². The summed E-state index contributed by atoms with van der Waals surface area (Å²) in [5, 5.41) is 0. The van der Waals surface area contributed by atoms with Gasteiger partial charge in [0.25, 0.3) is 0 Å². The predicted molar refractivity (Wildman–Crippen MR) is 89.9 cm³/mol. The van der Waals surface area contributed by atoms with Gasteiger partial charge in [0, 0.05) is 19.5 Å². The molecule has 0 bridgehead atoms. The van der Waals surface area contributed by atoms with Crippen LogP contribution in [-0.2, 0) is 19.1 Å². The van der Waals surface area contributed by atoms with Gasteiger partial charge in [0.2, 0.25) is 0 Å². The summed E-state index contributed by atoms with van der Waals surface area (Å²) in [7, 11) is 0. The zero-order chi connectivity index (χ0) is 17.7. The van der Waals surface area contributed by atoms with E-state index < -0.39 is 11.7 Å². The molecule has 2 rings (SSSR count). The minimum Gasteiger partial charge on any atom is -0.330 e. The Balaban J connectivity index is 2.37. The first-order valence-corrected chi connectivity index (χ1v) is 8.39. The summed E-state index contributed by atoms with van der Waals surface area (Å²) in [5.41, 5.74) is 6.07. The number of aromatic nitrogens is 2. The van der Waals surface area contributed by atoms with Crippen LogP contribution in [0.5, 0.6) is 0 Å². The fourth-order valence-electron chi connectivity index (χ4n) is 2.84. The molecule has 0 amide bonds. The van der Waals surface area contributed by atoms with Gasteiger partial charge in [-0.1, -0.05) is 13.8 Å². The normalized spacial score (nSPS) is 12.5. The number of rotatable bonds is 8. The van der Waals surface area contributed by atoms with Crippen LogP contribution in [0.15, 0.2) is 18.2 Å². The molecule has 0 radical (unpaired) electrons. The maximum atomic E-state index is 12.9. The third-order valence-electron chi connectivity index (χ3n) is 4.29. The quantitative estimate of drug-likeness (QED) is 0.801. The molecule has 24 heavy (non-hydrogen) atoms. The van der Waals surface area contributed by atoms with Gasteiger partial charge in [-0.3, -0.25) is 0 Å². The van der Waals surface area contributed by atoms with Crippen LogP contribution in [-0.4, -0.2) is 40.6 Å². The van der Waals surface area contributed by atoms with Crippen molar-refractivity contribution in [1.29, 1.82) is 0 Å². The van der Waals surface area contributed by atoms with Crippen LogP contribution in [0, 0.1) is 0 Å². The maximum absolute atomic E-state index is 12.9. The van der Waals surface area contributed by atoms with E-state index in [1.807, 2.05) is 4.57 Å². The molecule has 0 aliphatic heterocycles. The molecule has 0 saturated carbocycles. The molecule has 0 aliphatic rings. The van der Waals surface area contributed by atoms with Gasteiger partial charge in [-0.15, -0.1) is 0 Å². The van der Waals surface area contributed by atoms with E-state index in [9.17, 15) is 13.2 Å². The summed E-state index contributed by atoms with van der Waals surface area (Å²) in [4.78, 5) is 6.72. The number of hydrogen-bond acceptors (Lipinski definition) is 3. The van der Waals surface area contributed by atoms with Crippen LogP contribution < -0.4 is 5.73 Å². The van der Waals surface area contributed by atoms with E-state index in [0.717, 1.165) is 49.5 Å². The Labute approximate surface area is 140 Å². The number of aryl methyl sites for hydroxylation is 1. The number of imidazole rings is 1. The van der Waals surface area contributed by atoms with Crippen LogP contribution in [0.25, 0.3) is 11.0 Å². The number of nitrogens with two attached hydrogens (primary N) is 1. The van der Waals surface area contributed by atoms with E-state index in [1.54, 1.807) is 0 Å². The maximum Gasteiger partial charge on any atom is 0.416 e. The van der Waals surface area contributed by atoms with Crippen LogP contribution in [0.2, 0.25) is 0 Å². The predicted octanol–water partition coefficient (Wildman–Crippen LogP) is 3.29. The van der Waals surface area contributed by atoms with E-state index in [-0.39, 0.29) is 0 Å². The first kappa shape index (κ1) is 18.7. The molecule has 0 spiro atoms.